The van der Waals surface area contributed by atoms with Gasteiger partial charge in [0.25, 0.3) is 17.0 Å². The molecule has 0 spiro atoms. The molecule has 10 aromatic rings. The fourth-order valence-corrected chi connectivity index (χ4v) is 9.25. The molecule has 0 radical (unpaired) electrons. The fraction of sp³-hybridized carbons (Fsp3) is 0.205. The highest BCUT2D eigenvalue weighted by Crippen LogP contribution is 2.26. The number of pyridine rings is 2. The van der Waals surface area contributed by atoms with E-state index in [4.69, 9.17) is 30.2 Å². The van der Waals surface area contributed by atoms with Gasteiger partial charge < -0.3 is 60.0 Å². The van der Waals surface area contributed by atoms with Crippen molar-refractivity contribution in [3.63, 3.8) is 0 Å². The van der Waals surface area contributed by atoms with Gasteiger partial charge in [-0.15, -0.1) is 0 Å². The molecule has 0 fully saturated rings. The summed E-state index contributed by atoms with van der Waals surface area (Å²) in [7, 11) is 2.68. The molecule has 0 aliphatic heterocycles. The first-order valence-electron chi connectivity index (χ1n) is 31.1. The number of esters is 2. The minimum atomic E-state index is -0.967. The van der Waals surface area contributed by atoms with Crippen LogP contribution in [-0.2, 0) is 22.6 Å². The number of aromatic amines is 2. The Kier molecular flexibility index (Phi) is 31.3. The summed E-state index contributed by atoms with van der Waals surface area (Å²) in [5, 5.41) is 29.4. The third-order valence-electron chi connectivity index (χ3n) is 14.6. The number of aromatic carboxylic acids is 1. The Morgan fingerprint density at radius 3 is 1.09 bits per heavy atom. The van der Waals surface area contributed by atoms with Crippen LogP contribution in [0.25, 0.3) is 0 Å². The lowest BCUT2D eigenvalue weighted by Crippen LogP contribution is -2.27. The molecule has 0 saturated heterocycles. The van der Waals surface area contributed by atoms with E-state index < -0.39 is 17.9 Å². The van der Waals surface area contributed by atoms with E-state index in [1.54, 1.807) is 128 Å². The van der Waals surface area contributed by atoms with Gasteiger partial charge >= 0.3 is 17.9 Å². The second-order valence-corrected chi connectivity index (χ2v) is 22.4. The predicted molar refractivity (Wildman–Crippen MR) is 373 cm³/mol. The second-order valence-electron chi connectivity index (χ2n) is 22.4. The van der Waals surface area contributed by atoms with Crippen LogP contribution < -0.4 is 36.4 Å². The number of nitrogens with two attached hydrogens (primary N) is 1. The number of carboxylic acid groups (broad SMARTS) is 1. The number of aromatic nitrogens is 2. The van der Waals surface area contributed by atoms with Crippen LogP contribution >= 0.6 is 0 Å². The van der Waals surface area contributed by atoms with Crippen molar-refractivity contribution in [1.29, 1.82) is 0 Å². The number of carbonyl (C=O) groups excluding carboxylic acids is 3. The molecule has 1 amide bonds. The van der Waals surface area contributed by atoms with E-state index in [9.17, 15) is 51.4 Å². The number of aromatic hydroxyl groups is 1. The van der Waals surface area contributed by atoms with Gasteiger partial charge in [-0.05, 0) is 198 Å². The Morgan fingerprint density at radius 1 is 0.460 bits per heavy atom. The maximum atomic E-state index is 13.3. The summed E-state index contributed by atoms with van der Waals surface area (Å²) >= 11 is 0. The monoisotopic (exact) mass is 1370 g/mol. The Balaban J connectivity index is 0.000000226. The van der Waals surface area contributed by atoms with E-state index in [0.29, 0.717) is 51.6 Å². The summed E-state index contributed by atoms with van der Waals surface area (Å²) in [5.74, 6) is -2.13. The molecule has 22 heteroatoms. The number of carboxylic acids is 1. The van der Waals surface area contributed by atoms with Crippen molar-refractivity contribution in [1.82, 2.24) is 15.3 Å². The van der Waals surface area contributed by atoms with Crippen molar-refractivity contribution in [3.8, 4) is 23.0 Å². The Labute approximate surface area is 576 Å². The van der Waals surface area contributed by atoms with Crippen molar-refractivity contribution in [3.05, 3.63) is 328 Å². The number of H-pyrrole nitrogens is 2. The minimum Gasteiger partial charge on any atom is -0.508 e. The zero-order valence-corrected chi connectivity index (χ0v) is 56.8. The number of halogens is 4. The van der Waals surface area contributed by atoms with Crippen LogP contribution in [0.15, 0.2) is 216 Å². The maximum Gasteiger partial charge on any atom is 0.337 e. The van der Waals surface area contributed by atoms with E-state index in [1.807, 2.05) is 60.6 Å². The van der Waals surface area contributed by atoms with Gasteiger partial charge in [0.05, 0.1) is 37.0 Å². The minimum absolute atomic E-state index is 0.0370. The number of methoxy groups -OCH3 is 2. The largest absolute Gasteiger partial charge is 0.508 e. The van der Waals surface area contributed by atoms with Crippen LogP contribution in [-0.4, -0.2) is 63.3 Å². The SMILES string of the molecule is CC(Oc1cccc(F)c1)c1ccc(C(=O)O)cc1.COC(=O)c1ccc(C(C)O)cc1.COC(=O)c1ccc(C(C)Oc2cccc(F)c2)cc1.Cc1cc(C)c(CN)c(=O)[nH]1.Cc1cc(C)c(CNC(=O)c2ccc(C(C)Oc3cccc(F)c3)cc2)c(=O)[nH]1.Oc1cccc(F)c1. The van der Waals surface area contributed by atoms with Gasteiger partial charge in [0.2, 0.25) is 0 Å². The quantitative estimate of drug-likeness (QED) is 0.0330. The van der Waals surface area contributed by atoms with Crippen LogP contribution in [0.3, 0.4) is 0 Å². The highest BCUT2D eigenvalue weighted by molar-refractivity contribution is 5.94. The zero-order valence-electron chi connectivity index (χ0n) is 56.8. The van der Waals surface area contributed by atoms with Crippen LogP contribution in [0.5, 0.6) is 23.0 Å². The molecule has 4 unspecified atom stereocenters. The molecule has 2 heterocycles. The first kappa shape index (κ1) is 79.1. The van der Waals surface area contributed by atoms with Crippen molar-refractivity contribution in [2.45, 2.75) is 92.9 Å². The van der Waals surface area contributed by atoms with Crippen molar-refractivity contribution < 1.29 is 75.7 Å². The number of hydrogen-bond acceptors (Lipinski definition) is 14. The lowest BCUT2D eigenvalue weighted by molar-refractivity contribution is 0.0591. The van der Waals surface area contributed by atoms with Gasteiger partial charge in [-0.1, -0.05) is 72.8 Å². The highest BCUT2D eigenvalue weighted by atomic mass is 19.1. The lowest BCUT2D eigenvalue weighted by Gasteiger charge is -2.15. The van der Waals surface area contributed by atoms with Gasteiger partial charge in [0, 0.05) is 65.4 Å². The molecule has 524 valence electrons. The third-order valence-corrected chi connectivity index (χ3v) is 14.6. The van der Waals surface area contributed by atoms with Gasteiger partial charge in [0.15, 0.2) is 0 Å². The van der Waals surface area contributed by atoms with E-state index in [0.717, 1.165) is 50.8 Å². The topological polar surface area (TPSA) is 279 Å². The Hall–Kier alpha value is -11.6. The Bertz CT molecular complexity index is 4400. The third kappa shape index (κ3) is 26.1. The molecular weight excluding hydrogens is 1290 g/mol. The normalized spacial score (nSPS) is 11.4. The standard InChI is InChI=1S/C23H23FN2O3.C16H15FO3.C15H13FO3.C10H12O3.C8H12N2O.C6H5FO/c1-14-11-15(2)26-23(28)21(14)13-25-22(27)18-9-7-17(8-10-18)16(3)29-20-6-4-5-19(24)12-20;1-11(20-15-5-3-4-14(17)10-15)12-6-8-13(9-7-12)16(18)19-2;1-10(19-14-4-2-3-13(16)9-14)11-5-7-12(8-6-11)15(17)18;1-7(11)8-3-5-9(6-4-8)10(12)13-2;1-5-3-6(2)10-8(11)7(5)4-9;7-5-2-1-3-6(8)4-5/h4-12,16H,13H2,1-3H3,(H,25,27)(H,26,28);3-11H,1-2H3;2-10H,1H3,(H,17,18);3-7,11H,1-2H3;3H,4,9H2,1-2H3,(H,10,11);1-4,8H. The number of ether oxygens (including phenoxy) is 5. The molecule has 0 aliphatic carbocycles. The van der Waals surface area contributed by atoms with Crippen molar-refractivity contribution in [2.75, 3.05) is 14.2 Å². The van der Waals surface area contributed by atoms with E-state index in [2.05, 4.69) is 24.8 Å². The van der Waals surface area contributed by atoms with E-state index in [-0.39, 0.29) is 82.6 Å². The summed E-state index contributed by atoms with van der Waals surface area (Å²) in [4.78, 5) is 74.1. The molecule has 10 rings (SSSR count). The predicted octanol–water partition coefficient (Wildman–Crippen LogP) is 15.1. The summed E-state index contributed by atoms with van der Waals surface area (Å²) in [6, 6.07) is 53.8. The van der Waals surface area contributed by atoms with Crippen LogP contribution in [0, 0.1) is 51.0 Å². The Morgan fingerprint density at radius 2 is 0.790 bits per heavy atom. The molecule has 8 aromatic carbocycles. The number of carbonyl (C=O) groups is 4. The van der Waals surface area contributed by atoms with E-state index in [1.165, 1.54) is 80.9 Å². The molecule has 2 aromatic heterocycles. The number of hydrogen-bond donors (Lipinski definition) is 7. The maximum absolute atomic E-state index is 13.3. The smallest absolute Gasteiger partial charge is 0.337 e. The summed E-state index contributed by atoms with van der Waals surface area (Å²) in [6.07, 6.45) is -1.34. The molecule has 8 N–H and O–H groups in total. The average molecular weight is 1370 g/mol. The summed E-state index contributed by atoms with van der Waals surface area (Å²) in [6.45, 7) is 15.1. The van der Waals surface area contributed by atoms with Crippen LogP contribution in [0.4, 0.5) is 17.6 Å². The van der Waals surface area contributed by atoms with Gasteiger partial charge in [-0.3, -0.25) is 14.4 Å². The average Bonchev–Trinajstić information content (AvgIpc) is 0.863. The lowest BCUT2D eigenvalue weighted by atomic mass is 10.1. The van der Waals surface area contributed by atoms with Gasteiger partial charge in [0.1, 0.15) is 64.6 Å². The van der Waals surface area contributed by atoms with Crippen molar-refractivity contribution in [2.24, 2.45) is 5.73 Å². The highest BCUT2D eigenvalue weighted by Gasteiger charge is 2.15. The molecule has 100 heavy (non-hydrogen) atoms. The number of nitrogens with one attached hydrogen (secondary N) is 3. The number of aliphatic hydroxyl groups excluding tert-OH is 1. The van der Waals surface area contributed by atoms with Gasteiger partial charge in [-0.2, -0.15) is 0 Å². The first-order valence-corrected chi connectivity index (χ1v) is 31.1. The van der Waals surface area contributed by atoms with Crippen LogP contribution in [0.2, 0.25) is 0 Å². The molecule has 18 nitrogen and oxygen atoms in total. The van der Waals surface area contributed by atoms with Crippen LogP contribution in [0.1, 0.15) is 149 Å². The second kappa shape index (κ2) is 39.6. The first-order chi connectivity index (χ1) is 47.6. The van der Waals surface area contributed by atoms with E-state index >= 15 is 0 Å². The molecule has 4 atom stereocenters. The number of benzene rings is 8. The summed E-state index contributed by atoms with van der Waals surface area (Å²) < 4.78 is 77.5. The number of phenols is 1. The number of aliphatic hydroxyl groups is 1. The number of rotatable bonds is 17. The van der Waals surface area contributed by atoms with Crippen molar-refractivity contribution >= 4 is 23.8 Å². The zero-order chi connectivity index (χ0) is 73.6. The molecule has 0 aliphatic rings. The molecule has 0 saturated carbocycles. The van der Waals surface area contributed by atoms with Gasteiger partial charge in [-0.25, -0.2) is 31.9 Å². The number of phenolic OH excluding ortho intramolecular Hbond substituents is 1. The number of amides is 1. The molecular formula is C78H80F4N4O14. The molecule has 0 bridgehead atoms. The summed E-state index contributed by atoms with van der Waals surface area (Å²) in [5.41, 5.74) is 14.8. The fourth-order valence-electron chi connectivity index (χ4n) is 9.25. The number of aryl methyl sites for hydroxylation is 4.